The fourth-order valence-corrected chi connectivity index (χ4v) is 3.76. The first-order chi connectivity index (χ1) is 10.9. The molecule has 0 aliphatic carbocycles. The van der Waals surface area contributed by atoms with Crippen LogP contribution in [-0.2, 0) is 4.74 Å². The molecule has 0 spiro atoms. The van der Waals surface area contributed by atoms with Crippen LogP contribution in [0.15, 0.2) is 17.5 Å². The Morgan fingerprint density at radius 3 is 2.48 bits per heavy atom. The number of thiophene rings is 2. The number of esters is 1. The molecule has 23 heavy (non-hydrogen) atoms. The zero-order valence-corrected chi connectivity index (χ0v) is 14.8. The fraction of sp³-hybridized carbons (Fsp3) is 0.267. The summed E-state index contributed by atoms with van der Waals surface area (Å²) >= 11 is 2.37. The summed E-state index contributed by atoms with van der Waals surface area (Å²) in [7, 11) is 4.52. The van der Waals surface area contributed by atoms with E-state index in [1.54, 1.807) is 38.5 Å². The lowest BCUT2D eigenvalue weighted by Crippen LogP contribution is -2.21. The maximum absolute atomic E-state index is 12.2. The van der Waals surface area contributed by atoms with Crippen LogP contribution in [0.25, 0.3) is 0 Å². The molecular formula is C15H16N2O4S2. The second kappa shape index (κ2) is 6.93. The van der Waals surface area contributed by atoms with Crippen LogP contribution in [0, 0.1) is 6.92 Å². The van der Waals surface area contributed by atoms with Crippen LogP contribution >= 0.6 is 22.7 Å². The van der Waals surface area contributed by atoms with Crippen LogP contribution in [0.2, 0.25) is 0 Å². The Kier molecular flexibility index (Phi) is 5.17. The van der Waals surface area contributed by atoms with E-state index in [-0.39, 0.29) is 17.4 Å². The Labute approximate surface area is 141 Å². The van der Waals surface area contributed by atoms with Gasteiger partial charge in [-0.25, -0.2) is 4.79 Å². The van der Waals surface area contributed by atoms with Gasteiger partial charge in [0.1, 0.15) is 5.00 Å². The molecule has 0 aliphatic heterocycles. The van der Waals surface area contributed by atoms with Gasteiger partial charge in [-0.15, -0.1) is 22.7 Å². The van der Waals surface area contributed by atoms with Crippen molar-refractivity contribution in [1.29, 1.82) is 0 Å². The average Bonchev–Trinajstić information content (AvgIpc) is 3.14. The van der Waals surface area contributed by atoms with E-state index in [4.69, 9.17) is 4.74 Å². The Bertz CT molecular complexity index is 748. The number of hydrogen-bond donors (Lipinski definition) is 1. The molecule has 0 bridgehead atoms. The largest absolute Gasteiger partial charge is 0.465 e. The standard InChI is InChI=1S/C15H16N2O4S2/c1-8-10(15(20)21-4)13(23-11(8)14(19)17(2)3)16-12(18)9-6-5-7-22-9/h5-7H,1-4H3,(H,16,18). The molecule has 8 heteroatoms. The van der Waals surface area contributed by atoms with E-state index in [1.807, 2.05) is 0 Å². The number of amides is 2. The number of rotatable bonds is 4. The van der Waals surface area contributed by atoms with E-state index in [9.17, 15) is 14.4 Å². The summed E-state index contributed by atoms with van der Waals surface area (Å²) in [4.78, 5) is 38.8. The van der Waals surface area contributed by atoms with Gasteiger partial charge in [-0.05, 0) is 23.9 Å². The predicted molar refractivity (Wildman–Crippen MR) is 90.7 cm³/mol. The van der Waals surface area contributed by atoms with Gasteiger partial charge in [0.15, 0.2) is 0 Å². The molecule has 2 heterocycles. The van der Waals surface area contributed by atoms with Crippen LogP contribution in [0.4, 0.5) is 5.00 Å². The van der Waals surface area contributed by atoms with Crippen molar-refractivity contribution in [2.75, 3.05) is 26.5 Å². The van der Waals surface area contributed by atoms with Gasteiger partial charge in [-0.1, -0.05) is 6.07 Å². The van der Waals surface area contributed by atoms with Gasteiger partial charge < -0.3 is 15.0 Å². The summed E-state index contributed by atoms with van der Waals surface area (Å²) in [5, 5.41) is 4.81. The Hall–Kier alpha value is -2.19. The first-order valence-corrected chi connectivity index (χ1v) is 8.34. The van der Waals surface area contributed by atoms with E-state index in [0.717, 1.165) is 11.3 Å². The quantitative estimate of drug-likeness (QED) is 0.859. The molecule has 0 saturated carbocycles. The lowest BCUT2D eigenvalue weighted by Gasteiger charge is -2.08. The van der Waals surface area contributed by atoms with Crippen LogP contribution in [0.3, 0.4) is 0 Å². The topological polar surface area (TPSA) is 75.7 Å². The van der Waals surface area contributed by atoms with Crippen molar-refractivity contribution in [2.45, 2.75) is 6.92 Å². The first kappa shape index (κ1) is 17.2. The van der Waals surface area contributed by atoms with Crippen LogP contribution in [0.5, 0.6) is 0 Å². The Balaban J connectivity index is 2.45. The monoisotopic (exact) mass is 352 g/mol. The number of nitrogens with one attached hydrogen (secondary N) is 1. The summed E-state index contributed by atoms with van der Waals surface area (Å²) in [5.41, 5.74) is 0.717. The van der Waals surface area contributed by atoms with E-state index in [2.05, 4.69) is 5.32 Å². The van der Waals surface area contributed by atoms with Crippen molar-refractivity contribution in [3.63, 3.8) is 0 Å². The summed E-state index contributed by atoms with van der Waals surface area (Å²) in [6.45, 7) is 1.67. The van der Waals surface area contributed by atoms with Gasteiger partial charge in [0, 0.05) is 14.1 Å². The number of methoxy groups -OCH3 is 1. The summed E-state index contributed by atoms with van der Waals surface area (Å²) < 4.78 is 4.78. The maximum Gasteiger partial charge on any atom is 0.341 e. The molecule has 0 aliphatic rings. The molecule has 122 valence electrons. The molecule has 6 nitrogen and oxygen atoms in total. The molecule has 2 rings (SSSR count). The summed E-state index contributed by atoms with van der Waals surface area (Å²) in [6.07, 6.45) is 0. The van der Waals surface area contributed by atoms with Crippen molar-refractivity contribution < 1.29 is 19.1 Å². The number of carbonyl (C=O) groups excluding carboxylic acids is 3. The second-order valence-electron chi connectivity index (χ2n) is 4.88. The third-order valence-corrected chi connectivity index (χ3v) is 5.17. The number of nitrogens with zero attached hydrogens (tertiary/aromatic N) is 1. The van der Waals surface area contributed by atoms with Crippen molar-refractivity contribution in [1.82, 2.24) is 4.90 Å². The number of ether oxygens (including phenoxy) is 1. The molecular weight excluding hydrogens is 336 g/mol. The second-order valence-corrected chi connectivity index (χ2v) is 6.85. The van der Waals surface area contributed by atoms with Crippen molar-refractivity contribution in [2.24, 2.45) is 0 Å². The molecule has 2 aromatic rings. The van der Waals surface area contributed by atoms with Crippen LogP contribution in [0.1, 0.15) is 35.3 Å². The highest BCUT2D eigenvalue weighted by molar-refractivity contribution is 7.19. The lowest BCUT2D eigenvalue weighted by atomic mass is 10.1. The smallest absolute Gasteiger partial charge is 0.341 e. The molecule has 0 saturated heterocycles. The highest BCUT2D eigenvalue weighted by Crippen LogP contribution is 2.34. The number of hydrogen-bond acceptors (Lipinski definition) is 6. The molecule has 0 fully saturated rings. The number of carbonyl (C=O) groups is 3. The van der Waals surface area contributed by atoms with Gasteiger partial charge in [-0.3, -0.25) is 9.59 Å². The summed E-state index contributed by atoms with van der Waals surface area (Å²) in [5.74, 6) is -1.14. The van der Waals surface area contributed by atoms with Crippen LogP contribution in [-0.4, -0.2) is 43.9 Å². The molecule has 1 N–H and O–H groups in total. The first-order valence-electron chi connectivity index (χ1n) is 6.65. The zero-order chi connectivity index (χ0) is 17.1. The van der Waals surface area contributed by atoms with E-state index < -0.39 is 5.97 Å². The molecule has 2 aromatic heterocycles. The molecule has 0 aromatic carbocycles. The third kappa shape index (κ3) is 3.43. The van der Waals surface area contributed by atoms with E-state index in [0.29, 0.717) is 20.3 Å². The third-order valence-electron chi connectivity index (χ3n) is 3.11. The molecule has 0 atom stereocenters. The Morgan fingerprint density at radius 2 is 1.96 bits per heavy atom. The summed E-state index contributed by atoms with van der Waals surface area (Å²) in [6, 6.07) is 3.45. The van der Waals surface area contributed by atoms with Gasteiger partial charge in [0.25, 0.3) is 11.8 Å². The van der Waals surface area contributed by atoms with Crippen molar-refractivity contribution >= 4 is 45.5 Å². The molecule has 2 amide bonds. The molecule has 0 unspecified atom stereocenters. The zero-order valence-electron chi connectivity index (χ0n) is 13.1. The van der Waals surface area contributed by atoms with Crippen molar-refractivity contribution in [3.8, 4) is 0 Å². The molecule has 0 radical (unpaired) electrons. The van der Waals surface area contributed by atoms with Gasteiger partial charge >= 0.3 is 5.97 Å². The van der Waals surface area contributed by atoms with Gasteiger partial charge in [-0.2, -0.15) is 0 Å². The van der Waals surface area contributed by atoms with E-state index >= 15 is 0 Å². The predicted octanol–water partition coefficient (Wildman–Crippen LogP) is 2.86. The minimum atomic E-state index is -0.585. The van der Waals surface area contributed by atoms with E-state index in [1.165, 1.54) is 23.3 Å². The van der Waals surface area contributed by atoms with Crippen molar-refractivity contribution in [3.05, 3.63) is 38.4 Å². The van der Waals surface area contributed by atoms with Gasteiger partial charge in [0.05, 0.1) is 22.4 Å². The minimum Gasteiger partial charge on any atom is -0.465 e. The van der Waals surface area contributed by atoms with Crippen LogP contribution < -0.4 is 5.32 Å². The highest BCUT2D eigenvalue weighted by atomic mass is 32.1. The highest BCUT2D eigenvalue weighted by Gasteiger charge is 2.27. The normalized spacial score (nSPS) is 10.3. The number of anilines is 1. The lowest BCUT2D eigenvalue weighted by molar-refractivity contribution is 0.0601. The van der Waals surface area contributed by atoms with Gasteiger partial charge in [0.2, 0.25) is 0 Å². The fourth-order valence-electron chi connectivity index (χ4n) is 1.93. The average molecular weight is 352 g/mol. The Morgan fingerprint density at radius 1 is 1.26 bits per heavy atom. The SMILES string of the molecule is COC(=O)c1c(NC(=O)c2cccs2)sc(C(=O)N(C)C)c1C. The minimum absolute atomic E-state index is 0.215. The maximum atomic E-state index is 12.2.